The quantitative estimate of drug-likeness (QED) is 0.532. The van der Waals surface area contributed by atoms with Gasteiger partial charge in [0.1, 0.15) is 6.61 Å². The smallest absolute Gasteiger partial charge is 0.228 e. The number of hydrogen-bond donors (Lipinski definition) is 1. The van der Waals surface area contributed by atoms with Crippen LogP contribution in [0.2, 0.25) is 0 Å². The predicted molar refractivity (Wildman–Crippen MR) is 130 cm³/mol. The van der Waals surface area contributed by atoms with Crippen LogP contribution < -0.4 is 14.8 Å². The van der Waals surface area contributed by atoms with E-state index in [1.165, 1.54) is 0 Å². The molecule has 0 spiro atoms. The van der Waals surface area contributed by atoms with Crippen molar-refractivity contribution in [3.8, 4) is 22.6 Å². The lowest BCUT2D eigenvalue weighted by molar-refractivity contribution is -0.115. The minimum atomic E-state index is -0.0769. The molecule has 0 aromatic heterocycles. The van der Waals surface area contributed by atoms with Crippen LogP contribution >= 0.6 is 0 Å². The summed E-state index contributed by atoms with van der Waals surface area (Å²) in [6.45, 7) is 4.73. The first-order chi connectivity index (χ1) is 16.2. The summed E-state index contributed by atoms with van der Waals surface area (Å²) in [7, 11) is 1.61. The van der Waals surface area contributed by atoms with Gasteiger partial charge in [-0.2, -0.15) is 0 Å². The lowest BCUT2D eigenvalue weighted by Gasteiger charge is -2.26. The van der Waals surface area contributed by atoms with Crippen molar-refractivity contribution in [1.82, 2.24) is 4.90 Å². The molecule has 0 saturated carbocycles. The molecule has 1 aliphatic heterocycles. The highest BCUT2D eigenvalue weighted by atomic mass is 16.5. The third-order valence-electron chi connectivity index (χ3n) is 5.64. The van der Waals surface area contributed by atoms with Crippen LogP contribution in [0.15, 0.2) is 72.8 Å². The van der Waals surface area contributed by atoms with E-state index in [0.717, 1.165) is 49.5 Å². The molecule has 0 radical (unpaired) electrons. The van der Waals surface area contributed by atoms with Gasteiger partial charge in [0, 0.05) is 31.4 Å². The van der Waals surface area contributed by atoms with Gasteiger partial charge < -0.3 is 19.5 Å². The number of rotatable bonds is 9. The van der Waals surface area contributed by atoms with Gasteiger partial charge in [-0.3, -0.25) is 9.69 Å². The molecule has 1 aliphatic rings. The van der Waals surface area contributed by atoms with E-state index in [0.29, 0.717) is 30.2 Å². The van der Waals surface area contributed by atoms with Gasteiger partial charge in [-0.1, -0.05) is 54.6 Å². The fourth-order valence-electron chi connectivity index (χ4n) is 3.81. The summed E-state index contributed by atoms with van der Waals surface area (Å²) in [4.78, 5) is 14.9. The molecule has 3 aromatic rings. The highest BCUT2D eigenvalue weighted by molar-refractivity contribution is 5.92. The number of nitrogens with zero attached hydrogens (tertiary/aromatic N) is 1. The molecule has 3 aromatic carbocycles. The molecule has 172 valence electrons. The summed E-state index contributed by atoms with van der Waals surface area (Å²) in [5, 5.41) is 2.97. The molecular weight excluding hydrogens is 416 g/mol. The van der Waals surface area contributed by atoms with Crippen molar-refractivity contribution >= 4 is 11.6 Å². The van der Waals surface area contributed by atoms with Gasteiger partial charge in [-0.25, -0.2) is 0 Å². The van der Waals surface area contributed by atoms with E-state index in [4.69, 9.17) is 14.2 Å². The van der Waals surface area contributed by atoms with Crippen molar-refractivity contribution in [2.45, 2.75) is 6.42 Å². The van der Waals surface area contributed by atoms with Crippen molar-refractivity contribution in [2.24, 2.45) is 0 Å². The van der Waals surface area contributed by atoms with Gasteiger partial charge in [-0.15, -0.1) is 0 Å². The monoisotopic (exact) mass is 446 g/mol. The average Bonchev–Trinajstić information content (AvgIpc) is 2.86. The molecule has 1 heterocycles. The van der Waals surface area contributed by atoms with Crippen molar-refractivity contribution in [3.05, 3.63) is 78.4 Å². The Bertz CT molecular complexity index is 1030. The first-order valence-corrected chi connectivity index (χ1v) is 11.3. The topological polar surface area (TPSA) is 60.0 Å². The minimum absolute atomic E-state index is 0.0769. The molecule has 0 aliphatic carbocycles. The van der Waals surface area contributed by atoms with Crippen molar-refractivity contribution < 1.29 is 19.0 Å². The minimum Gasteiger partial charge on any atom is -0.493 e. The van der Waals surface area contributed by atoms with Crippen LogP contribution in [0, 0.1) is 0 Å². The maximum Gasteiger partial charge on any atom is 0.228 e. The molecule has 6 heteroatoms. The van der Waals surface area contributed by atoms with Crippen LogP contribution in [-0.2, 0) is 16.0 Å². The Kier molecular flexibility index (Phi) is 7.95. The fourth-order valence-corrected chi connectivity index (χ4v) is 3.81. The SMILES string of the molecule is COc1ccc(NC(=O)Cc2ccc(-c3ccccc3)cc2)cc1OCCN1CCOCC1. The predicted octanol–water partition coefficient (Wildman–Crippen LogP) is 4.25. The normalized spacial score (nSPS) is 14.0. The summed E-state index contributed by atoms with van der Waals surface area (Å²) >= 11 is 0. The molecule has 0 bridgehead atoms. The Morgan fingerprint density at radius 3 is 2.39 bits per heavy atom. The zero-order chi connectivity index (χ0) is 22.9. The number of carbonyl (C=O) groups excluding carboxylic acids is 1. The van der Waals surface area contributed by atoms with Crippen LogP contribution in [0.1, 0.15) is 5.56 Å². The van der Waals surface area contributed by atoms with E-state index in [-0.39, 0.29) is 5.91 Å². The Hall–Kier alpha value is -3.35. The summed E-state index contributed by atoms with van der Waals surface area (Å²) in [6, 6.07) is 23.7. The maximum atomic E-state index is 12.6. The molecule has 4 rings (SSSR count). The number of nitrogens with one attached hydrogen (secondary N) is 1. The van der Waals surface area contributed by atoms with Crippen molar-refractivity contribution in [2.75, 3.05) is 51.9 Å². The lowest BCUT2D eigenvalue weighted by Crippen LogP contribution is -2.38. The van der Waals surface area contributed by atoms with E-state index in [1.54, 1.807) is 7.11 Å². The van der Waals surface area contributed by atoms with Gasteiger partial charge in [-0.05, 0) is 28.8 Å². The number of benzene rings is 3. The standard InChI is InChI=1S/C27H30N2O4/c1-31-25-12-11-24(20-26(25)33-18-15-29-13-16-32-17-14-29)28-27(30)19-21-7-9-23(10-8-21)22-5-3-2-4-6-22/h2-12,20H,13-19H2,1H3,(H,28,30). The first kappa shape index (κ1) is 22.8. The van der Waals surface area contributed by atoms with Crippen LogP contribution in [0.4, 0.5) is 5.69 Å². The molecule has 0 atom stereocenters. The highest BCUT2D eigenvalue weighted by Gasteiger charge is 2.12. The Labute approximate surface area is 195 Å². The zero-order valence-electron chi connectivity index (χ0n) is 19.0. The van der Waals surface area contributed by atoms with Gasteiger partial charge in [0.05, 0.1) is 26.7 Å². The Morgan fingerprint density at radius 1 is 0.939 bits per heavy atom. The van der Waals surface area contributed by atoms with E-state index < -0.39 is 0 Å². The number of methoxy groups -OCH3 is 1. The first-order valence-electron chi connectivity index (χ1n) is 11.3. The zero-order valence-corrected chi connectivity index (χ0v) is 19.0. The van der Waals surface area contributed by atoms with Crippen LogP contribution in [0.25, 0.3) is 11.1 Å². The molecule has 1 N–H and O–H groups in total. The van der Waals surface area contributed by atoms with E-state index in [9.17, 15) is 4.79 Å². The van der Waals surface area contributed by atoms with Crippen molar-refractivity contribution in [1.29, 1.82) is 0 Å². The number of anilines is 1. The Morgan fingerprint density at radius 2 is 1.67 bits per heavy atom. The van der Waals surface area contributed by atoms with E-state index in [1.807, 2.05) is 60.7 Å². The highest BCUT2D eigenvalue weighted by Crippen LogP contribution is 2.30. The van der Waals surface area contributed by atoms with Crippen LogP contribution in [-0.4, -0.2) is 57.4 Å². The van der Waals surface area contributed by atoms with Gasteiger partial charge >= 0.3 is 0 Å². The van der Waals surface area contributed by atoms with E-state index >= 15 is 0 Å². The molecule has 6 nitrogen and oxygen atoms in total. The van der Waals surface area contributed by atoms with Gasteiger partial charge in [0.25, 0.3) is 0 Å². The number of hydrogen-bond acceptors (Lipinski definition) is 5. The molecule has 33 heavy (non-hydrogen) atoms. The molecule has 1 fully saturated rings. The van der Waals surface area contributed by atoms with Crippen molar-refractivity contribution in [3.63, 3.8) is 0 Å². The van der Waals surface area contributed by atoms with Crippen LogP contribution in [0.5, 0.6) is 11.5 Å². The maximum absolute atomic E-state index is 12.6. The molecule has 1 amide bonds. The summed E-state index contributed by atoms with van der Waals surface area (Å²) in [5.41, 5.74) is 3.94. The summed E-state index contributed by atoms with van der Waals surface area (Å²) < 4.78 is 16.8. The lowest BCUT2D eigenvalue weighted by atomic mass is 10.0. The fraction of sp³-hybridized carbons (Fsp3) is 0.296. The van der Waals surface area contributed by atoms with Gasteiger partial charge in [0.15, 0.2) is 11.5 Å². The second-order valence-corrected chi connectivity index (χ2v) is 7.96. The van der Waals surface area contributed by atoms with Gasteiger partial charge in [0.2, 0.25) is 5.91 Å². The number of carbonyl (C=O) groups is 1. The second-order valence-electron chi connectivity index (χ2n) is 7.96. The third kappa shape index (κ3) is 6.57. The summed E-state index contributed by atoms with van der Waals surface area (Å²) in [5.74, 6) is 1.19. The number of morpholine rings is 1. The van der Waals surface area contributed by atoms with E-state index in [2.05, 4.69) is 22.3 Å². The van der Waals surface area contributed by atoms with Crippen LogP contribution in [0.3, 0.4) is 0 Å². The average molecular weight is 447 g/mol. The Balaban J connectivity index is 1.32. The second kappa shape index (κ2) is 11.5. The number of ether oxygens (including phenoxy) is 3. The molecule has 0 unspecified atom stereocenters. The summed E-state index contributed by atoms with van der Waals surface area (Å²) in [6.07, 6.45) is 0.300. The third-order valence-corrected chi connectivity index (χ3v) is 5.64. The molecular formula is C27H30N2O4. The largest absolute Gasteiger partial charge is 0.493 e. The number of amides is 1. The molecule has 1 saturated heterocycles.